The van der Waals surface area contributed by atoms with E-state index in [1.807, 2.05) is 13.0 Å². The minimum absolute atomic E-state index is 0.0550. The van der Waals surface area contributed by atoms with Gasteiger partial charge in [0, 0.05) is 18.9 Å². The quantitative estimate of drug-likeness (QED) is 0.653. The van der Waals surface area contributed by atoms with Crippen LogP contribution in [0.15, 0.2) is 22.8 Å². The van der Waals surface area contributed by atoms with E-state index in [4.69, 9.17) is 4.42 Å². The highest BCUT2D eigenvalue weighted by Gasteiger charge is 2.29. The number of hydrogen-bond donors (Lipinski definition) is 3. The molecule has 4 amide bonds. The van der Waals surface area contributed by atoms with Crippen molar-refractivity contribution in [2.75, 3.05) is 0 Å². The molecular weight excluding hydrogens is 262 g/mol. The lowest BCUT2D eigenvalue weighted by molar-refractivity contribution is -0.122. The Morgan fingerprint density at radius 2 is 2.30 bits per heavy atom. The second-order valence-corrected chi connectivity index (χ2v) is 4.81. The number of nitrogens with one attached hydrogen (secondary N) is 3. The van der Waals surface area contributed by atoms with Crippen LogP contribution in [0.25, 0.3) is 0 Å². The Labute approximate surface area is 116 Å². The van der Waals surface area contributed by atoms with Crippen molar-refractivity contribution in [3.05, 3.63) is 24.2 Å². The van der Waals surface area contributed by atoms with E-state index in [1.165, 1.54) is 0 Å². The molecule has 0 aliphatic carbocycles. The molecule has 1 aromatic heterocycles. The van der Waals surface area contributed by atoms with Crippen LogP contribution in [-0.4, -0.2) is 29.9 Å². The van der Waals surface area contributed by atoms with Crippen LogP contribution in [0.5, 0.6) is 0 Å². The van der Waals surface area contributed by atoms with Gasteiger partial charge in [0.05, 0.1) is 6.26 Å². The normalized spacial score (nSPS) is 19.4. The number of carbonyl (C=O) groups excluding carboxylic acids is 3. The van der Waals surface area contributed by atoms with E-state index in [0.29, 0.717) is 6.42 Å². The third kappa shape index (κ3) is 3.84. The first-order valence-electron chi connectivity index (χ1n) is 6.47. The maximum atomic E-state index is 11.7. The molecule has 2 heterocycles. The summed E-state index contributed by atoms with van der Waals surface area (Å²) in [5.41, 5.74) is 0. The van der Waals surface area contributed by atoms with Gasteiger partial charge >= 0.3 is 6.03 Å². The van der Waals surface area contributed by atoms with Crippen molar-refractivity contribution in [1.29, 1.82) is 0 Å². The average Bonchev–Trinajstić information content (AvgIpc) is 2.96. The minimum Gasteiger partial charge on any atom is -0.469 e. The van der Waals surface area contributed by atoms with Gasteiger partial charge in [0.15, 0.2) is 0 Å². The lowest BCUT2D eigenvalue weighted by Gasteiger charge is -2.13. The van der Waals surface area contributed by atoms with Gasteiger partial charge in [-0.2, -0.15) is 0 Å². The molecule has 1 saturated heterocycles. The van der Waals surface area contributed by atoms with Crippen molar-refractivity contribution < 1.29 is 18.8 Å². The van der Waals surface area contributed by atoms with E-state index in [1.54, 1.807) is 12.3 Å². The summed E-state index contributed by atoms with van der Waals surface area (Å²) in [5.74, 6) is 0.268. The van der Waals surface area contributed by atoms with Gasteiger partial charge < -0.3 is 15.1 Å². The van der Waals surface area contributed by atoms with Crippen LogP contribution in [0.3, 0.4) is 0 Å². The van der Waals surface area contributed by atoms with Gasteiger partial charge in [0.25, 0.3) is 5.91 Å². The monoisotopic (exact) mass is 279 g/mol. The molecule has 0 spiro atoms. The zero-order valence-corrected chi connectivity index (χ0v) is 11.1. The number of hydrogen-bond acceptors (Lipinski definition) is 4. The molecule has 2 atom stereocenters. The molecule has 1 aliphatic heterocycles. The fraction of sp³-hybridized carbons (Fsp3) is 0.462. The van der Waals surface area contributed by atoms with Crippen molar-refractivity contribution in [1.82, 2.24) is 16.0 Å². The minimum atomic E-state index is -0.617. The summed E-state index contributed by atoms with van der Waals surface area (Å²) in [6, 6.07) is 2.47. The Bertz CT molecular complexity index is 498. The summed E-state index contributed by atoms with van der Waals surface area (Å²) in [7, 11) is 0. The first-order valence-corrected chi connectivity index (χ1v) is 6.47. The molecule has 0 unspecified atom stereocenters. The van der Waals surface area contributed by atoms with Crippen molar-refractivity contribution in [3.8, 4) is 0 Å². The molecule has 0 saturated carbocycles. The van der Waals surface area contributed by atoms with Crippen LogP contribution in [0.1, 0.15) is 25.5 Å². The van der Waals surface area contributed by atoms with Gasteiger partial charge in [0.1, 0.15) is 11.8 Å². The maximum absolute atomic E-state index is 11.7. The first kappa shape index (κ1) is 14.1. The average molecular weight is 279 g/mol. The summed E-state index contributed by atoms with van der Waals surface area (Å²) in [6.07, 6.45) is 2.67. The molecule has 0 radical (unpaired) electrons. The summed E-state index contributed by atoms with van der Waals surface area (Å²) in [6.45, 7) is 1.88. The van der Waals surface area contributed by atoms with Gasteiger partial charge in [-0.15, -0.1) is 0 Å². The largest absolute Gasteiger partial charge is 0.469 e. The van der Waals surface area contributed by atoms with Crippen molar-refractivity contribution in [2.24, 2.45) is 0 Å². The molecule has 7 nitrogen and oxygen atoms in total. The zero-order valence-electron chi connectivity index (χ0n) is 11.1. The zero-order chi connectivity index (χ0) is 14.5. The Morgan fingerprint density at radius 3 is 2.90 bits per heavy atom. The van der Waals surface area contributed by atoms with E-state index < -0.39 is 12.1 Å². The molecule has 3 N–H and O–H groups in total. The molecule has 1 aliphatic rings. The fourth-order valence-corrected chi connectivity index (χ4v) is 2.07. The van der Waals surface area contributed by atoms with Crippen LogP contribution >= 0.6 is 0 Å². The van der Waals surface area contributed by atoms with E-state index in [2.05, 4.69) is 16.0 Å². The number of amides is 4. The first-order chi connectivity index (χ1) is 9.54. The SMILES string of the molecule is C[C@@H](Cc1ccco1)NC(=O)CC[C@H]1NC(=O)NC1=O. The maximum Gasteiger partial charge on any atom is 0.322 e. The number of furan rings is 1. The fourth-order valence-electron chi connectivity index (χ4n) is 2.07. The summed E-state index contributed by atoms with van der Waals surface area (Å²) >= 11 is 0. The van der Waals surface area contributed by atoms with Gasteiger partial charge in [0.2, 0.25) is 5.91 Å². The molecule has 108 valence electrons. The van der Waals surface area contributed by atoms with Gasteiger partial charge in [-0.1, -0.05) is 0 Å². The van der Waals surface area contributed by atoms with E-state index in [0.717, 1.165) is 5.76 Å². The van der Waals surface area contributed by atoms with Gasteiger partial charge in [-0.25, -0.2) is 4.79 Å². The van der Waals surface area contributed by atoms with Gasteiger partial charge in [-0.05, 0) is 25.5 Å². The van der Waals surface area contributed by atoms with Crippen molar-refractivity contribution >= 4 is 17.8 Å². The van der Waals surface area contributed by atoms with Crippen molar-refractivity contribution in [2.45, 2.75) is 38.3 Å². The number of urea groups is 1. The second kappa shape index (κ2) is 6.23. The third-order valence-electron chi connectivity index (χ3n) is 3.01. The van der Waals surface area contributed by atoms with Crippen LogP contribution in [-0.2, 0) is 16.0 Å². The number of rotatable bonds is 6. The number of imide groups is 1. The summed E-state index contributed by atoms with van der Waals surface area (Å²) < 4.78 is 5.20. The highest BCUT2D eigenvalue weighted by molar-refractivity contribution is 6.04. The lowest BCUT2D eigenvalue weighted by Crippen LogP contribution is -2.36. The van der Waals surface area contributed by atoms with Crippen LogP contribution in [0, 0.1) is 0 Å². The second-order valence-electron chi connectivity index (χ2n) is 4.81. The Kier molecular flexibility index (Phi) is 4.39. The van der Waals surface area contributed by atoms with Crippen LogP contribution in [0.4, 0.5) is 4.79 Å². The van der Waals surface area contributed by atoms with E-state index >= 15 is 0 Å². The predicted molar refractivity (Wildman–Crippen MR) is 69.7 cm³/mol. The molecular formula is C13H17N3O4. The van der Waals surface area contributed by atoms with E-state index in [9.17, 15) is 14.4 Å². The summed E-state index contributed by atoms with van der Waals surface area (Å²) in [4.78, 5) is 33.9. The summed E-state index contributed by atoms with van der Waals surface area (Å²) in [5, 5.41) is 7.41. The molecule has 1 aromatic rings. The molecule has 1 fully saturated rings. The lowest BCUT2D eigenvalue weighted by atomic mass is 10.1. The molecule has 0 bridgehead atoms. The highest BCUT2D eigenvalue weighted by Crippen LogP contribution is 2.06. The highest BCUT2D eigenvalue weighted by atomic mass is 16.3. The molecule has 20 heavy (non-hydrogen) atoms. The smallest absolute Gasteiger partial charge is 0.322 e. The van der Waals surface area contributed by atoms with E-state index in [-0.39, 0.29) is 30.7 Å². The topological polar surface area (TPSA) is 100 Å². The predicted octanol–water partition coefficient (Wildman–Crippen LogP) is 0.315. The van der Waals surface area contributed by atoms with Crippen molar-refractivity contribution in [3.63, 3.8) is 0 Å². The van der Waals surface area contributed by atoms with Crippen LogP contribution in [0.2, 0.25) is 0 Å². The Balaban J connectivity index is 1.70. The number of carbonyl (C=O) groups is 3. The third-order valence-corrected chi connectivity index (χ3v) is 3.01. The van der Waals surface area contributed by atoms with Gasteiger partial charge in [-0.3, -0.25) is 14.9 Å². The standard InChI is InChI=1S/C13H17N3O4/c1-8(7-9-3-2-6-20-9)14-11(17)5-4-10-12(18)16-13(19)15-10/h2-3,6,8,10H,4-5,7H2,1H3,(H,14,17)(H2,15,16,18,19)/t8-,10+/m0/s1. The Morgan fingerprint density at radius 1 is 1.50 bits per heavy atom. The molecule has 2 rings (SSSR count). The Hall–Kier alpha value is -2.31. The molecule has 7 heteroatoms. The molecule has 0 aromatic carbocycles. The van der Waals surface area contributed by atoms with Crippen LogP contribution < -0.4 is 16.0 Å².